The maximum absolute atomic E-state index is 14.8. The van der Waals surface area contributed by atoms with E-state index >= 15 is 0 Å². The van der Waals surface area contributed by atoms with Crippen LogP contribution in [0.15, 0.2) is 53.5 Å². The number of carbonyl (C=O) groups is 15. The third kappa shape index (κ3) is 33.6. The van der Waals surface area contributed by atoms with Crippen LogP contribution in [-0.2, 0) is 84.8 Å². The van der Waals surface area contributed by atoms with Crippen molar-refractivity contribution in [2.75, 3.05) is 6.54 Å². The lowest BCUT2D eigenvalue weighted by Crippen LogP contribution is -2.61. The van der Waals surface area contributed by atoms with Crippen molar-refractivity contribution in [3.63, 3.8) is 0 Å². The topological polar surface area (TPSA) is 626 Å². The molecule has 36 nitrogen and oxygen atoms in total. The highest BCUT2D eigenvalue weighted by Crippen LogP contribution is 2.17. The van der Waals surface area contributed by atoms with E-state index in [9.17, 15) is 92.3 Å². The van der Waals surface area contributed by atoms with Gasteiger partial charge >= 0.3 is 11.9 Å². The van der Waals surface area contributed by atoms with Crippen molar-refractivity contribution < 1.29 is 92.3 Å². The summed E-state index contributed by atoms with van der Waals surface area (Å²) in [6, 6.07) is -7.09. The number of guanidine groups is 1. The molecular formula is C65H101N17O19. The average Bonchev–Trinajstić information content (AvgIpc) is 0.853. The number of carbonyl (C=O) groups excluding carboxylic acids is 13. The molecule has 0 radical (unpaired) electrons. The minimum absolute atomic E-state index is 0.0111. The largest absolute Gasteiger partial charge is 0.508 e. The van der Waals surface area contributed by atoms with Gasteiger partial charge in [0.1, 0.15) is 71.9 Å². The number of primary amides is 3. The Morgan fingerprint density at radius 3 is 1.05 bits per heavy atom. The average molecular weight is 1420 g/mol. The summed E-state index contributed by atoms with van der Waals surface area (Å²) in [4.78, 5) is 207. The number of benzene rings is 2. The fraction of sp³-hybridized carbons (Fsp3) is 0.569. The molecular weight excluding hydrogens is 1320 g/mol. The van der Waals surface area contributed by atoms with E-state index in [-0.39, 0.29) is 92.3 Å². The van der Waals surface area contributed by atoms with Gasteiger partial charge < -0.3 is 108 Å². The lowest BCUT2D eigenvalue weighted by molar-refractivity contribution is -0.143. The number of rotatable bonds is 46. The molecule has 0 unspecified atom stereocenters. The molecule has 560 valence electrons. The highest BCUT2D eigenvalue weighted by atomic mass is 16.4. The van der Waals surface area contributed by atoms with Gasteiger partial charge in [0.15, 0.2) is 5.96 Å². The number of carboxylic acid groups (broad SMARTS) is 2. The van der Waals surface area contributed by atoms with Crippen molar-refractivity contribution in [1.29, 1.82) is 0 Å². The number of hydrogen-bond donors (Lipinski definition) is 20. The number of phenols is 2. The summed E-state index contributed by atoms with van der Waals surface area (Å²) in [6.45, 7) is 13.4. The molecule has 0 aliphatic carbocycles. The van der Waals surface area contributed by atoms with Crippen LogP contribution in [0.25, 0.3) is 0 Å². The van der Waals surface area contributed by atoms with Crippen molar-refractivity contribution in [2.24, 2.45) is 63.1 Å². The normalized spacial score (nSPS) is 14.4. The van der Waals surface area contributed by atoms with Gasteiger partial charge in [-0.15, -0.1) is 0 Å². The van der Waals surface area contributed by atoms with Crippen molar-refractivity contribution in [1.82, 2.24) is 53.2 Å². The lowest BCUT2D eigenvalue weighted by atomic mass is 9.99. The molecule has 2 rings (SSSR count). The van der Waals surface area contributed by atoms with E-state index in [0.717, 1.165) is 0 Å². The molecule has 11 atom stereocenters. The summed E-state index contributed by atoms with van der Waals surface area (Å²) in [6.07, 6.45) is -5.41. The SMILES string of the molecule is CC(C)C[C@H](NC(=O)[C@H](CCC(N)=O)NC(=O)[C@@H](N)CC(C)C)C(=O)N[C@@H](CC(N)=O)C(=O)N[C@@H](CCCN=C(N)N)C(=O)N[C@@H](CC(N)=O)C(=O)N[C@@H](CCC(=O)O)C(=O)N[C@@H](Cc1ccc(O)cc1)C(=O)N[C@@H](Cc1ccc(O)cc1)C(=O)N[C@@H](CC(C)C)C(=O)N[C@H](C(=O)O)C(C)C. The predicted octanol–water partition coefficient (Wildman–Crippen LogP) is -4.13. The van der Waals surface area contributed by atoms with E-state index in [1.54, 1.807) is 41.5 Å². The molecule has 0 aromatic heterocycles. The molecule has 0 spiro atoms. The first-order valence-corrected chi connectivity index (χ1v) is 32.9. The summed E-state index contributed by atoms with van der Waals surface area (Å²) >= 11 is 0. The molecule has 0 heterocycles. The van der Waals surface area contributed by atoms with Gasteiger partial charge in [-0.2, -0.15) is 0 Å². The number of aliphatic carboxylic acids is 2. The number of phenolic OH excluding ortho intramolecular Hbond substituents is 2. The maximum Gasteiger partial charge on any atom is 0.326 e. The Hall–Kier alpha value is -10.7. The molecule has 0 bridgehead atoms. The molecule has 0 saturated heterocycles. The Balaban J connectivity index is 2.68. The van der Waals surface area contributed by atoms with Crippen molar-refractivity contribution in [3.05, 3.63) is 59.7 Å². The van der Waals surface area contributed by atoms with Gasteiger partial charge in [0.25, 0.3) is 0 Å². The van der Waals surface area contributed by atoms with E-state index in [1.807, 2.05) is 13.8 Å². The number of aromatic hydroxyl groups is 2. The summed E-state index contributed by atoms with van der Waals surface area (Å²) < 4.78 is 0. The van der Waals surface area contributed by atoms with Crippen LogP contribution in [0, 0.1) is 23.7 Å². The van der Waals surface area contributed by atoms with Crippen molar-refractivity contribution in [3.8, 4) is 11.5 Å². The molecule has 0 fully saturated rings. The second kappa shape index (κ2) is 43.0. The van der Waals surface area contributed by atoms with E-state index in [2.05, 4.69) is 58.2 Å². The minimum Gasteiger partial charge on any atom is -0.508 e. The van der Waals surface area contributed by atoms with Crippen LogP contribution >= 0.6 is 0 Å². The highest BCUT2D eigenvalue weighted by Gasteiger charge is 2.38. The first-order valence-electron chi connectivity index (χ1n) is 32.9. The van der Waals surface area contributed by atoms with Gasteiger partial charge in [0.05, 0.1) is 18.9 Å². The van der Waals surface area contributed by atoms with Crippen molar-refractivity contribution >= 4 is 94.7 Å². The Morgan fingerprint density at radius 1 is 0.386 bits per heavy atom. The first-order chi connectivity index (χ1) is 47.1. The standard InChI is InChI=1S/C65H101N17O19/c1-31(2)24-39(66)54(90)73-41(19-21-49(67)85)56(92)76-43(25-32(3)4)58(94)81-48(30-51(69)87)61(97)74-40(10-9-23-72-65(70)71)55(91)80-47(29-50(68)86)62(98)75-42(20-22-52(88)89)57(93)78-45(27-35-11-15-37(83)16-12-35)60(96)79-46(28-36-13-17-38(84)18-14-36)59(95)77-44(26-33(5)6)63(99)82-53(34(7)8)64(100)101/h11-18,31-34,39-48,53,83-84H,9-10,19-30,66H2,1-8H3,(H2,67,85)(H2,68,86)(H2,69,87)(H,73,90)(H,74,97)(H,75,98)(H,76,92)(H,77,95)(H,78,93)(H,79,96)(H,80,91)(H,81,94)(H,82,99)(H,88,89)(H,100,101)(H4,70,71,72)/t39-,40-,41-,42-,43-,44-,45-,46-,47-,48-,53-/m0/s1. The van der Waals surface area contributed by atoms with Crippen LogP contribution in [-0.4, -0.2) is 188 Å². The fourth-order valence-corrected chi connectivity index (χ4v) is 10.1. The number of nitrogens with one attached hydrogen (secondary N) is 10. The second-order valence-corrected chi connectivity index (χ2v) is 26.1. The lowest BCUT2D eigenvalue weighted by Gasteiger charge is -2.28. The Morgan fingerprint density at radius 2 is 0.703 bits per heavy atom. The highest BCUT2D eigenvalue weighted by molar-refractivity contribution is 6.01. The summed E-state index contributed by atoms with van der Waals surface area (Å²) in [5, 5.41) is 64.2. The quantitative estimate of drug-likeness (QED) is 0.0170. The number of amides is 13. The summed E-state index contributed by atoms with van der Waals surface area (Å²) in [7, 11) is 0. The van der Waals surface area contributed by atoms with Crippen LogP contribution in [0.3, 0.4) is 0 Å². The van der Waals surface area contributed by atoms with Crippen LogP contribution in [0.4, 0.5) is 0 Å². The number of carboxylic acids is 2. The predicted molar refractivity (Wildman–Crippen MR) is 365 cm³/mol. The van der Waals surface area contributed by atoms with Crippen molar-refractivity contribution in [2.45, 2.75) is 205 Å². The number of aliphatic imine (C=N–C) groups is 1. The molecule has 0 aliphatic rings. The van der Waals surface area contributed by atoms with E-state index in [1.165, 1.54) is 48.5 Å². The zero-order valence-corrected chi connectivity index (χ0v) is 58.0. The van der Waals surface area contributed by atoms with Gasteiger partial charge in [0.2, 0.25) is 76.8 Å². The zero-order chi connectivity index (χ0) is 76.5. The van der Waals surface area contributed by atoms with E-state index < -0.39 is 200 Å². The number of nitrogens with two attached hydrogens (primary N) is 6. The van der Waals surface area contributed by atoms with Crippen LogP contribution in [0.5, 0.6) is 11.5 Å². The fourth-order valence-electron chi connectivity index (χ4n) is 10.1. The maximum atomic E-state index is 14.8. The Bertz CT molecular complexity index is 3240. The van der Waals surface area contributed by atoms with Gasteiger partial charge in [-0.25, -0.2) is 4.79 Å². The van der Waals surface area contributed by atoms with Crippen LogP contribution in [0.1, 0.15) is 137 Å². The summed E-state index contributed by atoms with van der Waals surface area (Å²) in [5.41, 5.74) is 34.1. The molecule has 26 N–H and O–H groups in total. The van der Waals surface area contributed by atoms with Crippen LogP contribution in [0.2, 0.25) is 0 Å². The smallest absolute Gasteiger partial charge is 0.326 e. The molecule has 36 heteroatoms. The Kier molecular flexibility index (Phi) is 36.8. The van der Waals surface area contributed by atoms with E-state index in [4.69, 9.17) is 34.4 Å². The summed E-state index contributed by atoms with van der Waals surface area (Å²) in [5.74, 6) is -18.8. The zero-order valence-electron chi connectivity index (χ0n) is 58.0. The molecule has 0 aliphatic heterocycles. The van der Waals surface area contributed by atoms with Gasteiger partial charge in [-0.05, 0) is 104 Å². The number of nitrogens with zero attached hydrogens (tertiary/aromatic N) is 1. The molecule has 2 aromatic carbocycles. The molecule has 101 heavy (non-hydrogen) atoms. The second-order valence-electron chi connectivity index (χ2n) is 26.1. The molecule has 2 aromatic rings. The van der Waals surface area contributed by atoms with Gasteiger partial charge in [0, 0.05) is 32.2 Å². The monoisotopic (exact) mass is 1420 g/mol. The third-order valence-corrected chi connectivity index (χ3v) is 15.2. The van der Waals surface area contributed by atoms with Gasteiger partial charge in [-0.3, -0.25) is 72.1 Å². The minimum atomic E-state index is -2.06. The molecule has 13 amide bonds. The first kappa shape index (κ1) is 86.4. The molecule has 0 saturated carbocycles. The Labute approximate surface area is 584 Å². The van der Waals surface area contributed by atoms with E-state index in [0.29, 0.717) is 5.56 Å². The number of hydrogen-bond acceptors (Lipinski definition) is 19. The van der Waals surface area contributed by atoms with Gasteiger partial charge in [-0.1, -0.05) is 79.7 Å². The third-order valence-electron chi connectivity index (χ3n) is 15.2. The van der Waals surface area contributed by atoms with Crippen LogP contribution < -0.4 is 87.6 Å².